The van der Waals surface area contributed by atoms with Crippen molar-refractivity contribution in [1.29, 1.82) is 0 Å². The second kappa shape index (κ2) is 4.34. The Balaban J connectivity index is 2.58. The summed E-state index contributed by atoms with van der Waals surface area (Å²) >= 11 is 0. The molecule has 0 aliphatic rings. The van der Waals surface area contributed by atoms with Crippen LogP contribution >= 0.6 is 0 Å². The molecule has 0 aliphatic carbocycles. The summed E-state index contributed by atoms with van der Waals surface area (Å²) in [5.74, 6) is 0. The predicted octanol–water partition coefficient (Wildman–Crippen LogP) is 1.99. The summed E-state index contributed by atoms with van der Waals surface area (Å²) in [6.07, 6.45) is 0. The third kappa shape index (κ3) is 2.17. The molecule has 0 amide bonds. The van der Waals surface area contributed by atoms with Crippen molar-refractivity contribution < 1.29 is 8.42 Å². The first-order valence-corrected chi connectivity index (χ1v) is 6.86. The van der Waals surface area contributed by atoms with E-state index in [0.717, 1.165) is 0 Å². The number of anilines is 2. The van der Waals surface area contributed by atoms with E-state index >= 15 is 0 Å². The van der Waals surface area contributed by atoms with Gasteiger partial charge in [0, 0.05) is 11.4 Å². The molecule has 0 bridgehead atoms. The number of rotatable bonds is 2. The van der Waals surface area contributed by atoms with Gasteiger partial charge in [-0.25, -0.2) is 8.42 Å². The lowest BCUT2D eigenvalue weighted by atomic mass is 10.2. The van der Waals surface area contributed by atoms with Crippen molar-refractivity contribution in [2.75, 3.05) is 11.5 Å². The molecule has 4 N–H and O–H groups in total. The molecular formula is C13H14N2O2S. The van der Waals surface area contributed by atoms with Gasteiger partial charge in [0.1, 0.15) is 0 Å². The molecule has 18 heavy (non-hydrogen) atoms. The number of nitrogens with two attached hydrogens (primary N) is 2. The van der Waals surface area contributed by atoms with Gasteiger partial charge in [-0.15, -0.1) is 0 Å². The summed E-state index contributed by atoms with van der Waals surface area (Å²) in [5, 5.41) is 0. The van der Waals surface area contributed by atoms with Crippen molar-refractivity contribution >= 4 is 21.2 Å². The van der Waals surface area contributed by atoms with Gasteiger partial charge in [0.05, 0.1) is 9.79 Å². The van der Waals surface area contributed by atoms with Gasteiger partial charge < -0.3 is 11.5 Å². The van der Waals surface area contributed by atoms with Crippen LogP contribution in [0.2, 0.25) is 0 Å². The first-order chi connectivity index (χ1) is 8.41. The maximum atomic E-state index is 12.4. The molecular weight excluding hydrogens is 248 g/mol. The van der Waals surface area contributed by atoms with E-state index in [0.29, 0.717) is 16.9 Å². The zero-order valence-corrected chi connectivity index (χ0v) is 10.7. The number of hydrogen-bond acceptors (Lipinski definition) is 4. The van der Waals surface area contributed by atoms with Crippen molar-refractivity contribution in [2.24, 2.45) is 0 Å². The standard InChI is InChI=1S/C13H14N2O2S/c1-9-8-11(15)4-7-13(9)18(16,17)12-5-2-10(14)3-6-12/h2-8H,14-15H2,1H3. The highest BCUT2D eigenvalue weighted by Crippen LogP contribution is 2.25. The molecule has 2 aromatic rings. The summed E-state index contributed by atoms with van der Waals surface area (Å²) in [4.78, 5) is 0.492. The molecule has 5 heteroatoms. The lowest BCUT2D eigenvalue weighted by molar-refractivity contribution is 0.595. The van der Waals surface area contributed by atoms with Gasteiger partial charge in [-0.05, 0) is 55.0 Å². The molecule has 4 nitrogen and oxygen atoms in total. The van der Waals surface area contributed by atoms with Crippen molar-refractivity contribution in [1.82, 2.24) is 0 Å². The SMILES string of the molecule is Cc1cc(N)ccc1S(=O)(=O)c1ccc(N)cc1. The van der Waals surface area contributed by atoms with Gasteiger partial charge in [-0.3, -0.25) is 0 Å². The van der Waals surface area contributed by atoms with E-state index in [1.54, 1.807) is 31.2 Å². The zero-order chi connectivity index (χ0) is 13.3. The zero-order valence-electron chi connectivity index (χ0n) is 9.92. The monoisotopic (exact) mass is 262 g/mol. The maximum absolute atomic E-state index is 12.4. The molecule has 0 heterocycles. The minimum atomic E-state index is -3.51. The fourth-order valence-corrected chi connectivity index (χ4v) is 3.23. The van der Waals surface area contributed by atoms with Crippen LogP contribution in [0, 0.1) is 6.92 Å². The molecule has 0 aromatic heterocycles. The Morgan fingerprint density at radius 3 is 2.00 bits per heavy atom. The van der Waals surface area contributed by atoms with Gasteiger partial charge in [0.25, 0.3) is 0 Å². The Morgan fingerprint density at radius 2 is 1.44 bits per heavy atom. The molecule has 0 unspecified atom stereocenters. The summed E-state index contributed by atoms with van der Waals surface area (Å²) < 4.78 is 24.8. The van der Waals surface area contributed by atoms with E-state index in [4.69, 9.17) is 11.5 Å². The molecule has 2 aromatic carbocycles. The Bertz CT molecular complexity index is 677. The first kappa shape index (κ1) is 12.4. The lowest BCUT2D eigenvalue weighted by Gasteiger charge is -2.08. The minimum Gasteiger partial charge on any atom is -0.399 e. The Hall–Kier alpha value is -2.01. The Morgan fingerprint density at radius 1 is 0.889 bits per heavy atom. The highest BCUT2D eigenvalue weighted by Gasteiger charge is 2.19. The normalized spacial score (nSPS) is 11.4. The number of aryl methyl sites for hydroxylation is 1. The summed E-state index contributed by atoms with van der Waals surface area (Å²) in [7, 11) is -3.51. The quantitative estimate of drug-likeness (QED) is 0.810. The van der Waals surface area contributed by atoms with Gasteiger partial charge in [-0.1, -0.05) is 0 Å². The molecule has 0 radical (unpaired) electrons. The predicted molar refractivity (Wildman–Crippen MR) is 71.9 cm³/mol. The minimum absolute atomic E-state index is 0.226. The number of hydrogen-bond donors (Lipinski definition) is 2. The Labute approximate surface area is 106 Å². The maximum Gasteiger partial charge on any atom is 0.206 e. The summed E-state index contributed by atoms with van der Waals surface area (Å²) in [6.45, 7) is 1.72. The van der Waals surface area contributed by atoms with E-state index < -0.39 is 9.84 Å². The van der Waals surface area contributed by atoms with Gasteiger partial charge in [0.2, 0.25) is 9.84 Å². The molecule has 0 fully saturated rings. The molecule has 0 saturated heterocycles. The highest BCUT2D eigenvalue weighted by molar-refractivity contribution is 7.91. The molecule has 0 spiro atoms. The van der Waals surface area contributed by atoms with E-state index in [1.165, 1.54) is 18.2 Å². The Kier molecular flexibility index (Phi) is 3.00. The van der Waals surface area contributed by atoms with E-state index in [1.807, 2.05) is 0 Å². The van der Waals surface area contributed by atoms with Crippen LogP contribution in [-0.2, 0) is 9.84 Å². The van der Waals surface area contributed by atoms with Crippen LogP contribution in [0.4, 0.5) is 11.4 Å². The van der Waals surface area contributed by atoms with Crippen LogP contribution in [0.15, 0.2) is 52.3 Å². The molecule has 0 aliphatic heterocycles. The van der Waals surface area contributed by atoms with Crippen LogP contribution in [0.5, 0.6) is 0 Å². The van der Waals surface area contributed by atoms with Crippen LogP contribution in [0.3, 0.4) is 0 Å². The molecule has 0 atom stereocenters. The lowest BCUT2D eigenvalue weighted by Crippen LogP contribution is -2.04. The number of sulfone groups is 1. The van der Waals surface area contributed by atoms with Gasteiger partial charge >= 0.3 is 0 Å². The van der Waals surface area contributed by atoms with Crippen LogP contribution in [-0.4, -0.2) is 8.42 Å². The molecule has 2 rings (SSSR count). The van der Waals surface area contributed by atoms with E-state index in [9.17, 15) is 8.42 Å². The number of nitrogen functional groups attached to an aromatic ring is 2. The largest absolute Gasteiger partial charge is 0.399 e. The van der Waals surface area contributed by atoms with Crippen molar-refractivity contribution in [2.45, 2.75) is 16.7 Å². The second-order valence-electron chi connectivity index (χ2n) is 4.10. The third-order valence-corrected chi connectivity index (χ3v) is 4.61. The fraction of sp³-hybridized carbons (Fsp3) is 0.0769. The average Bonchev–Trinajstić information content (AvgIpc) is 2.29. The fourth-order valence-electron chi connectivity index (χ4n) is 1.75. The average molecular weight is 262 g/mol. The van der Waals surface area contributed by atoms with Crippen LogP contribution in [0.25, 0.3) is 0 Å². The second-order valence-corrected chi connectivity index (χ2v) is 6.02. The van der Waals surface area contributed by atoms with Gasteiger partial charge in [-0.2, -0.15) is 0 Å². The summed E-state index contributed by atoms with van der Waals surface area (Å²) in [5.41, 5.74) is 12.9. The van der Waals surface area contributed by atoms with Crippen LogP contribution < -0.4 is 11.5 Å². The van der Waals surface area contributed by atoms with Crippen molar-refractivity contribution in [3.8, 4) is 0 Å². The van der Waals surface area contributed by atoms with E-state index in [-0.39, 0.29) is 9.79 Å². The van der Waals surface area contributed by atoms with Crippen molar-refractivity contribution in [3.63, 3.8) is 0 Å². The summed E-state index contributed by atoms with van der Waals surface area (Å²) in [6, 6.07) is 10.9. The van der Waals surface area contributed by atoms with E-state index in [2.05, 4.69) is 0 Å². The van der Waals surface area contributed by atoms with Gasteiger partial charge in [0.15, 0.2) is 0 Å². The van der Waals surface area contributed by atoms with Crippen molar-refractivity contribution in [3.05, 3.63) is 48.0 Å². The topological polar surface area (TPSA) is 86.2 Å². The highest BCUT2D eigenvalue weighted by atomic mass is 32.2. The smallest absolute Gasteiger partial charge is 0.206 e. The number of benzene rings is 2. The molecule has 94 valence electrons. The van der Waals surface area contributed by atoms with Crippen LogP contribution in [0.1, 0.15) is 5.56 Å². The first-order valence-electron chi connectivity index (χ1n) is 5.38. The molecule has 0 saturated carbocycles. The third-order valence-electron chi connectivity index (χ3n) is 2.68.